The van der Waals surface area contributed by atoms with Gasteiger partial charge in [0.1, 0.15) is 10.8 Å². The van der Waals surface area contributed by atoms with Gasteiger partial charge in [-0.05, 0) is 30.5 Å². The highest BCUT2D eigenvalue weighted by molar-refractivity contribution is 6.31. The molecular formula is C21H23ClF2N4O3. The first kappa shape index (κ1) is 22.9. The van der Waals surface area contributed by atoms with Crippen LogP contribution in [0.5, 0.6) is 5.88 Å². The van der Waals surface area contributed by atoms with E-state index in [1.54, 1.807) is 24.0 Å². The van der Waals surface area contributed by atoms with Crippen LogP contribution in [0.3, 0.4) is 0 Å². The quantitative estimate of drug-likeness (QED) is 0.638. The van der Waals surface area contributed by atoms with E-state index in [4.69, 9.17) is 16.3 Å². The van der Waals surface area contributed by atoms with Crippen LogP contribution in [0.15, 0.2) is 24.5 Å². The number of pyridine rings is 2. The van der Waals surface area contributed by atoms with Crippen molar-refractivity contribution in [2.75, 3.05) is 11.9 Å². The zero-order valence-corrected chi connectivity index (χ0v) is 18.1. The number of nitrogens with zero attached hydrogens (tertiary/aromatic N) is 3. The van der Waals surface area contributed by atoms with E-state index in [1.807, 2.05) is 13.8 Å². The molecule has 0 bridgehead atoms. The van der Waals surface area contributed by atoms with Crippen LogP contribution in [0.25, 0.3) is 0 Å². The maximum Gasteiger partial charge on any atom is 0.272 e. The molecule has 31 heavy (non-hydrogen) atoms. The number of fused-ring (bicyclic) bond motifs is 1. The maximum absolute atomic E-state index is 13.0. The number of nitrogens with one attached hydrogen (secondary N) is 1. The molecular weight excluding hydrogens is 430 g/mol. The monoisotopic (exact) mass is 452 g/mol. The minimum Gasteiger partial charge on any atom is -0.471 e. The number of hydrogen-bond acceptors (Lipinski definition) is 5. The van der Waals surface area contributed by atoms with E-state index in [1.165, 1.54) is 12.4 Å². The molecule has 1 aliphatic rings. The van der Waals surface area contributed by atoms with Crippen molar-refractivity contribution >= 4 is 29.2 Å². The first-order valence-corrected chi connectivity index (χ1v) is 10.2. The lowest BCUT2D eigenvalue weighted by atomic mass is 10.1. The molecule has 10 heteroatoms. The minimum atomic E-state index is -2.64. The summed E-state index contributed by atoms with van der Waals surface area (Å²) in [6.45, 7) is 5.14. The summed E-state index contributed by atoms with van der Waals surface area (Å²) < 4.78 is 29.6. The summed E-state index contributed by atoms with van der Waals surface area (Å²) in [4.78, 5) is 35.0. The van der Waals surface area contributed by atoms with E-state index in [9.17, 15) is 18.4 Å². The second-order valence-corrected chi connectivity index (χ2v) is 8.11. The molecule has 0 aromatic carbocycles. The van der Waals surface area contributed by atoms with E-state index in [0.717, 1.165) is 0 Å². The summed E-state index contributed by atoms with van der Waals surface area (Å²) in [5.41, 5.74) is 1.74. The largest absolute Gasteiger partial charge is 0.471 e. The molecule has 0 saturated carbocycles. The van der Waals surface area contributed by atoms with Gasteiger partial charge in [-0.2, -0.15) is 0 Å². The Balaban J connectivity index is 1.78. The van der Waals surface area contributed by atoms with Crippen molar-refractivity contribution in [3.05, 3.63) is 46.2 Å². The van der Waals surface area contributed by atoms with E-state index >= 15 is 0 Å². The third kappa shape index (κ3) is 5.28. The topological polar surface area (TPSA) is 84.4 Å². The van der Waals surface area contributed by atoms with Crippen molar-refractivity contribution in [2.45, 2.75) is 46.2 Å². The molecule has 7 nitrogen and oxygen atoms in total. The lowest BCUT2D eigenvalue weighted by Gasteiger charge is -2.25. The van der Waals surface area contributed by atoms with Crippen molar-refractivity contribution < 1.29 is 23.1 Å². The maximum atomic E-state index is 13.0. The molecule has 0 aliphatic carbocycles. The SMILES string of the molecule is CC(C)CC(=O)Nc1nccc2c1CN(C(C)c1cnc(OCC(F)F)c(Cl)c1)C2=O. The number of carbonyl (C=O) groups is 2. The van der Waals surface area contributed by atoms with Crippen LogP contribution in [0, 0.1) is 5.92 Å². The first-order valence-electron chi connectivity index (χ1n) is 9.82. The van der Waals surface area contributed by atoms with Gasteiger partial charge < -0.3 is 15.0 Å². The van der Waals surface area contributed by atoms with Gasteiger partial charge in [0.25, 0.3) is 12.3 Å². The Morgan fingerprint density at radius 1 is 1.32 bits per heavy atom. The molecule has 1 aliphatic heterocycles. The molecule has 2 aromatic rings. The van der Waals surface area contributed by atoms with E-state index < -0.39 is 19.1 Å². The molecule has 2 aromatic heterocycles. The van der Waals surface area contributed by atoms with Gasteiger partial charge in [-0.15, -0.1) is 0 Å². The van der Waals surface area contributed by atoms with Gasteiger partial charge in [-0.25, -0.2) is 18.7 Å². The van der Waals surface area contributed by atoms with Crippen LogP contribution < -0.4 is 10.1 Å². The number of anilines is 1. The number of ether oxygens (including phenoxy) is 1. The number of halogens is 3. The molecule has 1 N–H and O–H groups in total. The van der Waals surface area contributed by atoms with Gasteiger partial charge in [0.15, 0.2) is 6.61 Å². The summed E-state index contributed by atoms with van der Waals surface area (Å²) >= 11 is 6.12. The molecule has 0 radical (unpaired) electrons. The molecule has 0 saturated heterocycles. The molecule has 166 valence electrons. The van der Waals surface area contributed by atoms with Crippen LogP contribution in [-0.4, -0.2) is 39.7 Å². The lowest BCUT2D eigenvalue weighted by molar-refractivity contribution is -0.116. The number of alkyl halides is 2. The second kappa shape index (κ2) is 9.55. The third-order valence-electron chi connectivity index (χ3n) is 4.85. The normalized spacial score (nSPS) is 14.2. The van der Waals surface area contributed by atoms with Gasteiger partial charge in [0, 0.05) is 29.9 Å². The Hall–Kier alpha value is -2.81. The minimum absolute atomic E-state index is 0.0810. The summed E-state index contributed by atoms with van der Waals surface area (Å²) in [7, 11) is 0. The number of rotatable bonds is 8. The van der Waals surface area contributed by atoms with Crippen molar-refractivity contribution in [1.82, 2.24) is 14.9 Å². The molecule has 3 rings (SSSR count). The van der Waals surface area contributed by atoms with Crippen LogP contribution >= 0.6 is 11.6 Å². The van der Waals surface area contributed by atoms with E-state index in [0.29, 0.717) is 28.9 Å². The van der Waals surface area contributed by atoms with Crippen LogP contribution in [0.1, 0.15) is 54.7 Å². The number of carbonyl (C=O) groups excluding carboxylic acids is 2. The highest BCUT2D eigenvalue weighted by atomic mass is 35.5. The fourth-order valence-corrected chi connectivity index (χ4v) is 3.55. The van der Waals surface area contributed by atoms with Crippen molar-refractivity contribution in [2.24, 2.45) is 5.92 Å². The average molecular weight is 453 g/mol. The smallest absolute Gasteiger partial charge is 0.272 e. The van der Waals surface area contributed by atoms with Crippen LogP contribution in [0.4, 0.5) is 14.6 Å². The second-order valence-electron chi connectivity index (χ2n) is 7.70. The molecule has 1 unspecified atom stereocenters. The lowest BCUT2D eigenvalue weighted by Crippen LogP contribution is -2.27. The van der Waals surface area contributed by atoms with Gasteiger partial charge in [-0.3, -0.25) is 9.59 Å². The Labute approximate surface area is 183 Å². The van der Waals surface area contributed by atoms with Gasteiger partial charge in [0.05, 0.1) is 12.6 Å². The predicted octanol–water partition coefficient (Wildman–Crippen LogP) is 4.48. The zero-order chi connectivity index (χ0) is 22.7. The molecule has 3 heterocycles. The highest BCUT2D eigenvalue weighted by Gasteiger charge is 2.34. The fraction of sp³-hybridized carbons (Fsp3) is 0.429. The standard InChI is InChI=1S/C21H23ClF2N4O3/c1-11(2)6-18(29)27-19-15-9-28(21(30)14(15)4-5-25-19)12(3)13-7-16(22)20(26-8-13)31-10-17(23)24/h4-5,7-8,11-12,17H,6,9-10H2,1-3H3,(H,25,27,29). The Bertz CT molecular complexity index is 987. The van der Waals surface area contributed by atoms with Crippen LogP contribution in [0.2, 0.25) is 5.02 Å². The van der Waals surface area contributed by atoms with Gasteiger partial charge >= 0.3 is 0 Å². The Morgan fingerprint density at radius 2 is 2.06 bits per heavy atom. The highest BCUT2D eigenvalue weighted by Crippen LogP contribution is 2.35. The van der Waals surface area contributed by atoms with E-state index in [2.05, 4.69) is 15.3 Å². The Morgan fingerprint density at radius 3 is 2.71 bits per heavy atom. The van der Waals surface area contributed by atoms with Crippen molar-refractivity contribution in [3.63, 3.8) is 0 Å². The number of hydrogen-bond donors (Lipinski definition) is 1. The fourth-order valence-electron chi connectivity index (χ4n) is 3.32. The summed E-state index contributed by atoms with van der Waals surface area (Å²) in [6, 6.07) is 2.75. The van der Waals surface area contributed by atoms with Crippen molar-refractivity contribution in [3.8, 4) is 5.88 Å². The van der Waals surface area contributed by atoms with E-state index in [-0.39, 0.29) is 35.2 Å². The number of aromatic nitrogens is 2. The summed E-state index contributed by atoms with van der Waals surface area (Å²) in [5.74, 6) is 0.106. The molecule has 0 spiro atoms. The first-order chi connectivity index (χ1) is 14.7. The van der Waals surface area contributed by atoms with Crippen molar-refractivity contribution in [1.29, 1.82) is 0 Å². The van der Waals surface area contributed by atoms with Crippen LogP contribution in [-0.2, 0) is 11.3 Å². The molecule has 0 fully saturated rings. The Kier molecular flexibility index (Phi) is 7.04. The number of amides is 2. The van der Waals surface area contributed by atoms with Gasteiger partial charge in [-0.1, -0.05) is 25.4 Å². The zero-order valence-electron chi connectivity index (χ0n) is 17.4. The molecule has 1 atom stereocenters. The van der Waals surface area contributed by atoms with Gasteiger partial charge in [0.2, 0.25) is 11.8 Å². The summed E-state index contributed by atoms with van der Waals surface area (Å²) in [6.07, 6.45) is 0.644. The summed E-state index contributed by atoms with van der Waals surface area (Å²) in [5, 5.41) is 2.87. The average Bonchev–Trinajstić information content (AvgIpc) is 3.03. The third-order valence-corrected chi connectivity index (χ3v) is 5.12. The molecule has 2 amide bonds. The predicted molar refractivity (Wildman–Crippen MR) is 111 cm³/mol.